The molecule has 2 aromatic rings. The quantitative estimate of drug-likeness (QED) is 0.814. The number of amides is 2. The van der Waals surface area contributed by atoms with Crippen LogP contribution in [0.1, 0.15) is 30.4 Å². The molecule has 0 aliphatic carbocycles. The van der Waals surface area contributed by atoms with Crippen molar-refractivity contribution >= 4 is 17.5 Å². The van der Waals surface area contributed by atoms with E-state index in [1.54, 1.807) is 0 Å². The fourth-order valence-corrected chi connectivity index (χ4v) is 4.11. The van der Waals surface area contributed by atoms with Crippen molar-refractivity contribution in [1.82, 2.24) is 10.2 Å². The van der Waals surface area contributed by atoms with Gasteiger partial charge in [-0.3, -0.25) is 14.5 Å². The second kappa shape index (κ2) is 8.25. The standard InChI is InChI=1S/C23H27N3O2/c1-17-7-9-20(10-8-17)26-22(27)15-21(23(26)28)24-19-11-13-25(14-12-19)16-18-5-3-2-4-6-18/h2-10,19,21,24H,11-16H2,1H3. The second-order valence-corrected chi connectivity index (χ2v) is 7.86. The Morgan fingerprint density at radius 1 is 0.964 bits per heavy atom. The van der Waals surface area contributed by atoms with E-state index in [9.17, 15) is 9.59 Å². The smallest absolute Gasteiger partial charge is 0.251 e. The first-order chi connectivity index (χ1) is 13.6. The maximum absolute atomic E-state index is 12.8. The number of nitrogens with one attached hydrogen (secondary N) is 1. The van der Waals surface area contributed by atoms with Gasteiger partial charge in [-0.1, -0.05) is 48.0 Å². The molecular formula is C23H27N3O2. The zero-order chi connectivity index (χ0) is 19.5. The van der Waals surface area contributed by atoms with Crippen LogP contribution in [0.2, 0.25) is 0 Å². The predicted molar refractivity (Wildman–Crippen MR) is 110 cm³/mol. The van der Waals surface area contributed by atoms with E-state index in [0.717, 1.165) is 38.0 Å². The molecule has 146 valence electrons. The van der Waals surface area contributed by atoms with Gasteiger partial charge in [-0.05, 0) is 50.6 Å². The van der Waals surface area contributed by atoms with Gasteiger partial charge in [0.1, 0.15) is 0 Å². The number of piperidine rings is 1. The minimum absolute atomic E-state index is 0.118. The lowest BCUT2D eigenvalue weighted by molar-refractivity contribution is -0.121. The van der Waals surface area contributed by atoms with Crippen LogP contribution >= 0.6 is 0 Å². The van der Waals surface area contributed by atoms with Gasteiger partial charge in [-0.2, -0.15) is 0 Å². The average Bonchev–Trinajstić information content (AvgIpc) is 2.98. The van der Waals surface area contributed by atoms with Gasteiger partial charge in [0, 0.05) is 12.6 Å². The molecule has 0 aromatic heterocycles. The third kappa shape index (κ3) is 4.16. The molecule has 2 saturated heterocycles. The number of nitrogens with zero attached hydrogens (tertiary/aromatic N) is 2. The monoisotopic (exact) mass is 377 g/mol. The van der Waals surface area contributed by atoms with E-state index in [2.05, 4.69) is 34.5 Å². The zero-order valence-electron chi connectivity index (χ0n) is 16.3. The Labute approximate surface area is 166 Å². The lowest BCUT2D eigenvalue weighted by Crippen LogP contribution is -2.48. The van der Waals surface area contributed by atoms with Gasteiger partial charge in [0.05, 0.1) is 18.2 Å². The molecule has 2 aliphatic heterocycles. The number of rotatable bonds is 5. The average molecular weight is 377 g/mol. The van der Waals surface area contributed by atoms with Crippen molar-refractivity contribution in [2.24, 2.45) is 0 Å². The molecule has 0 saturated carbocycles. The van der Waals surface area contributed by atoms with E-state index in [0.29, 0.717) is 5.69 Å². The molecule has 0 radical (unpaired) electrons. The van der Waals surface area contributed by atoms with E-state index >= 15 is 0 Å². The molecule has 1 atom stereocenters. The fraction of sp³-hybridized carbons (Fsp3) is 0.391. The Balaban J connectivity index is 1.31. The van der Waals surface area contributed by atoms with Crippen molar-refractivity contribution in [2.75, 3.05) is 18.0 Å². The van der Waals surface area contributed by atoms with Crippen molar-refractivity contribution < 1.29 is 9.59 Å². The molecule has 4 rings (SSSR count). The van der Waals surface area contributed by atoms with Crippen molar-refractivity contribution in [1.29, 1.82) is 0 Å². The van der Waals surface area contributed by atoms with E-state index in [-0.39, 0.29) is 24.3 Å². The highest BCUT2D eigenvalue weighted by Crippen LogP contribution is 2.24. The molecule has 2 fully saturated rings. The second-order valence-electron chi connectivity index (χ2n) is 7.86. The molecular weight excluding hydrogens is 350 g/mol. The van der Waals surface area contributed by atoms with Crippen molar-refractivity contribution in [3.05, 3.63) is 65.7 Å². The maximum atomic E-state index is 12.8. The van der Waals surface area contributed by atoms with Gasteiger partial charge in [-0.15, -0.1) is 0 Å². The molecule has 0 bridgehead atoms. The summed E-state index contributed by atoms with van der Waals surface area (Å²) in [7, 11) is 0. The molecule has 2 heterocycles. The van der Waals surface area contributed by atoms with Crippen LogP contribution in [0, 0.1) is 6.92 Å². The summed E-state index contributed by atoms with van der Waals surface area (Å²) in [6.07, 6.45) is 2.24. The number of likely N-dealkylation sites (tertiary alicyclic amines) is 1. The summed E-state index contributed by atoms with van der Waals surface area (Å²) in [5.41, 5.74) is 3.11. The molecule has 2 aromatic carbocycles. The number of aryl methyl sites for hydroxylation is 1. The van der Waals surface area contributed by atoms with Crippen molar-refractivity contribution in [3.8, 4) is 0 Å². The highest BCUT2D eigenvalue weighted by molar-refractivity contribution is 6.22. The van der Waals surface area contributed by atoms with Crippen LogP contribution in [-0.4, -0.2) is 41.9 Å². The summed E-state index contributed by atoms with van der Waals surface area (Å²) in [5, 5.41) is 3.45. The normalized spacial score (nSPS) is 21.5. The maximum Gasteiger partial charge on any atom is 0.251 e. The van der Waals surface area contributed by atoms with E-state index in [1.165, 1.54) is 10.5 Å². The third-order valence-corrected chi connectivity index (χ3v) is 5.71. The van der Waals surface area contributed by atoms with Crippen LogP contribution in [0.5, 0.6) is 0 Å². The number of carbonyl (C=O) groups is 2. The summed E-state index contributed by atoms with van der Waals surface area (Å²) < 4.78 is 0. The first-order valence-corrected chi connectivity index (χ1v) is 10.1. The number of imide groups is 1. The van der Waals surface area contributed by atoms with Crippen LogP contribution in [0.3, 0.4) is 0 Å². The molecule has 2 aliphatic rings. The largest absolute Gasteiger partial charge is 0.303 e. The fourth-order valence-electron chi connectivity index (χ4n) is 4.11. The highest BCUT2D eigenvalue weighted by atomic mass is 16.2. The predicted octanol–water partition coefficient (Wildman–Crippen LogP) is 2.88. The van der Waals surface area contributed by atoms with Gasteiger partial charge in [0.15, 0.2) is 0 Å². The van der Waals surface area contributed by atoms with Crippen molar-refractivity contribution in [2.45, 2.75) is 44.8 Å². The first kappa shape index (κ1) is 18.8. The summed E-state index contributed by atoms with van der Waals surface area (Å²) >= 11 is 0. The summed E-state index contributed by atoms with van der Waals surface area (Å²) in [4.78, 5) is 29.0. The molecule has 28 heavy (non-hydrogen) atoms. The Bertz CT molecular complexity index is 827. The number of hydrogen-bond donors (Lipinski definition) is 1. The van der Waals surface area contributed by atoms with Gasteiger partial charge >= 0.3 is 0 Å². The van der Waals surface area contributed by atoms with Crippen LogP contribution in [0.15, 0.2) is 54.6 Å². The molecule has 5 heteroatoms. The summed E-state index contributed by atoms with van der Waals surface area (Å²) in [6, 6.07) is 17.9. The Hall–Kier alpha value is -2.50. The molecule has 1 unspecified atom stereocenters. The molecule has 2 amide bonds. The SMILES string of the molecule is Cc1ccc(N2C(=O)CC(NC3CCN(Cc4ccccc4)CC3)C2=O)cc1. The van der Waals surface area contributed by atoms with Gasteiger partial charge in [-0.25, -0.2) is 4.90 Å². The topological polar surface area (TPSA) is 52.7 Å². The molecule has 5 nitrogen and oxygen atoms in total. The van der Waals surface area contributed by atoms with Crippen LogP contribution in [-0.2, 0) is 16.1 Å². The third-order valence-electron chi connectivity index (χ3n) is 5.71. The highest BCUT2D eigenvalue weighted by Gasteiger charge is 2.40. The Morgan fingerprint density at radius 2 is 1.64 bits per heavy atom. The van der Waals surface area contributed by atoms with E-state index in [1.807, 2.05) is 37.3 Å². The zero-order valence-corrected chi connectivity index (χ0v) is 16.3. The van der Waals surface area contributed by atoms with E-state index in [4.69, 9.17) is 0 Å². The number of hydrogen-bond acceptors (Lipinski definition) is 4. The van der Waals surface area contributed by atoms with Crippen molar-refractivity contribution in [3.63, 3.8) is 0 Å². The summed E-state index contributed by atoms with van der Waals surface area (Å²) in [6.45, 7) is 4.97. The van der Waals surface area contributed by atoms with Crippen LogP contribution < -0.4 is 10.2 Å². The van der Waals surface area contributed by atoms with E-state index < -0.39 is 6.04 Å². The summed E-state index contributed by atoms with van der Waals surface area (Å²) in [5.74, 6) is -0.242. The molecule has 0 spiro atoms. The van der Waals surface area contributed by atoms with Crippen LogP contribution in [0.25, 0.3) is 0 Å². The lowest BCUT2D eigenvalue weighted by atomic mass is 10.0. The number of anilines is 1. The van der Waals surface area contributed by atoms with Gasteiger partial charge in [0.25, 0.3) is 5.91 Å². The minimum Gasteiger partial charge on any atom is -0.303 e. The lowest BCUT2D eigenvalue weighted by Gasteiger charge is -2.33. The number of carbonyl (C=O) groups excluding carboxylic acids is 2. The Morgan fingerprint density at radius 3 is 2.32 bits per heavy atom. The number of benzene rings is 2. The van der Waals surface area contributed by atoms with Gasteiger partial charge < -0.3 is 5.32 Å². The van der Waals surface area contributed by atoms with Gasteiger partial charge in [0.2, 0.25) is 5.91 Å². The molecule has 1 N–H and O–H groups in total. The minimum atomic E-state index is -0.403. The Kier molecular flexibility index (Phi) is 5.55. The van der Waals surface area contributed by atoms with Crippen LogP contribution in [0.4, 0.5) is 5.69 Å². The first-order valence-electron chi connectivity index (χ1n) is 10.1.